The van der Waals surface area contributed by atoms with E-state index in [2.05, 4.69) is 10.4 Å². The monoisotopic (exact) mass is 418 g/mol. The molecule has 2 amide bonds. The lowest BCUT2D eigenvalue weighted by molar-refractivity contribution is -0.128. The van der Waals surface area contributed by atoms with E-state index in [0.717, 1.165) is 29.8 Å². The Morgan fingerprint density at radius 1 is 1.16 bits per heavy atom. The summed E-state index contributed by atoms with van der Waals surface area (Å²) in [5.74, 6) is -0.0664. The zero-order valence-electron chi connectivity index (χ0n) is 18.0. The molecule has 3 heterocycles. The van der Waals surface area contributed by atoms with Gasteiger partial charge in [-0.3, -0.25) is 14.3 Å². The smallest absolute Gasteiger partial charge is 0.271 e. The number of furan rings is 1. The summed E-state index contributed by atoms with van der Waals surface area (Å²) in [6.45, 7) is 4.61. The lowest BCUT2D eigenvalue weighted by Crippen LogP contribution is -2.38. The van der Waals surface area contributed by atoms with Crippen molar-refractivity contribution >= 4 is 17.9 Å². The second kappa shape index (κ2) is 8.63. The maximum absolute atomic E-state index is 13.6. The number of aromatic nitrogens is 2. The van der Waals surface area contributed by atoms with Gasteiger partial charge in [0.25, 0.3) is 11.8 Å². The maximum atomic E-state index is 13.6. The number of carbonyl (C=O) groups excluding carboxylic acids is 2. The van der Waals surface area contributed by atoms with Gasteiger partial charge in [0.05, 0.1) is 18.0 Å². The number of carbonyl (C=O) groups is 2. The van der Waals surface area contributed by atoms with Crippen LogP contribution in [0.5, 0.6) is 0 Å². The molecular formula is C24H26N4O3. The van der Waals surface area contributed by atoms with Crippen LogP contribution in [0, 0.1) is 13.8 Å². The van der Waals surface area contributed by atoms with Crippen LogP contribution in [-0.4, -0.2) is 33.0 Å². The summed E-state index contributed by atoms with van der Waals surface area (Å²) in [4.78, 5) is 28.3. The molecule has 7 heteroatoms. The van der Waals surface area contributed by atoms with E-state index in [1.54, 1.807) is 42.5 Å². The number of benzene rings is 1. The van der Waals surface area contributed by atoms with Gasteiger partial charge < -0.3 is 14.6 Å². The van der Waals surface area contributed by atoms with Crippen molar-refractivity contribution in [1.82, 2.24) is 20.0 Å². The molecule has 1 aliphatic rings. The molecule has 7 nitrogen and oxygen atoms in total. The van der Waals surface area contributed by atoms with Gasteiger partial charge in [-0.2, -0.15) is 5.10 Å². The Kier molecular flexibility index (Phi) is 5.75. The highest BCUT2D eigenvalue weighted by atomic mass is 16.3. The van der Waals surface area contributed by atoms with Crippen molar-refractivity contribution < 1.29 is 14.0 Å². The molecule has 1 saturated heterocycles. The van der Waals surface area contributed by atoms with Crippen LogP contribution in [0.2, 0.25) is 0 Å². The van der Waals surface area contributed by atoms with Crippen molar-refractivity contribution in [3.05, 3.63) is 82.7 Å². The molecule has 0 radical (unpaired) electrons. The van der Waals surface area contributed by atoms with Crippen LogP contribution in [0.1, 0.15) is 52.0 Å². The predicted octanol–water partition coefficient (Wildman–Crippen LogP) is 3.76. The lowest BCUT2D eigenvalue weighted by atomic mass is 10.0. The van der Waals surface area contributed by atoms with Gasteiger partial charge in [0, 0.05) is 36.5 Å². The Morgan fingerprint density at radius 2 is 1.94 bits per heavy atom. The van der Waals surface area contributed by atoms with Crippen molar-refractivity contribution in [3.8, 4) is 0 Å². The molecule has 2 aromatic heterocycles. The Balaban J connectivity index is 1.66. The van der Waals surface area contributed by atoms with Crippen LogP contribution in [0.4, 0.5) is 0 Å². The summed E-state index contributed by atoms with van der Waals surface area (Å²) in [5, 5.41) is 7.33. The van der Waals surface area contributed by atoms with Crippen molar-refractivity contribution in [3.63, 3.8) is 0 Å². The van der Waals surface area contributed by atoms with Gasteiger partial charge in [-0.25, -0.2) is 0 Å². The van der Waals surface area contributed by atoms with Gasteiger partial charge in [0.1, 0.15) is 11.5 Å². The van der Waals surface area contributed by atoms with Gasteiger partial charge in [-0.15, -0.1) is 0 Å². The molecule has 1 N–H and O–H groups in total. The van der Waals surface area contributed by atoms with Gasteiger partial charge in [0.15, 0.2) is 0 Å². The fourth-order valence-electron chi connectivity index (χ4n) is 4.19. The van der Waals surface area contributed by atoms with Gasteiger partial charge in [-0.05, 0) is 51.0 Å². The van der Waals surface area contributed by atoms with Gasteiger partial charge >= 0.3 is 0 Å². The first-order chi connectivity index (χ1) is 15.0. The molecule has 1 atom stereocenters. The summed E-state index contributed by atoms with van der Waals surface area (Å²) < 4.78 is 7.25. The standard InChI is InChI=1S/C24H26N4O3/c1-16-22(17(2)27(3)26-16)21-12-7-13-28(21)24(30)20(15-19-11-8-14-31-19)25-23(29)18-9-5-4-6-10-18/h4-6,8-11,14-15,21H,7,12-13H2,1-3H3,(H,25,29)/b20-15-. The van der Waals surface area contributed by atoms with Crippen LogP contribution in [0.15, 0.2) is 58.8 Å². The zero-order valence-corrected chi connectivity index (χ0v) is 18.0. The number of likely N-dealkylation sites (tertiary alicyclic amines) is 1. The molecule has 3 aromatic rings. The van der Waals surface area contributed by atoms with Gasteiger partial charge in [-0.1, -0.05) is 18.2 Å². The van der Waals surface area contributed by atoms with E-state index >= 15 is 0 Å². The van der Waals surface area contributed by atoms with Crippen LogP contribution in [-0.2, 0) is 11.8 Å². The molecule has 1 fully saturated rings. The first-order valence-electron chi connectivity index (χ1n) is 10.4. The molecule has 31 heavy (non-hydrogen) atoms. The summed E-state index contributed by atoms with van der Waals surface area (Å²) in [6.07, 6.45) is 4.88. The van der Waals surface area contributed by atoms with Crippen LogP contribution in [0.25, 0.3) is 6.08 Å². The highest BCUT2D eigenvalue weighted by Crippen LogP contribution is 2.36. The minimum Gasteiger partial charge on any atom is -0.465 e. The Labute approximate surface area is 181 Å². The fraction of sp³-hybridized carbons (Fsp3) is 0.292. The Morgan fingerprint density at radius 3 is 2.58 bits per heavy atom. The maximum Gasteiger partial charge on any atom is 0.271 e. The molecule has 160 valence electrons. The summed E-state index contributed by atoms with van der Waals surface area (Å²) in [6, 6.07) is 12.3. The number of amides is 2. The van der Waals surface area contributed by atoms with E-state index in [9.17, 15) is 9.59 Å². The molecule has 0 saturated carbocycles. The number of rotatable bonds is 5. The van der Waals surface area contributed by atoms with Gasteiger partial charge in [0.2, 0.25) is 0 Å². The highest BCUT2D eigenvalue weighted by molar-refractivity contribution is 6.05. The first-order valence-corrected chi connectivity index (χ1v) is 10.4. The van der Waals surface area contributed by atoms with Crippen LogP contribution in [0.3, 0.4) is 0 Å². The largest absolute Gasteiger partial charge is 0.465 e. The van der Waals surface area contributed by atoms with Crippen LogP contribution >= 0.6 is 0 Å². The lowest BCUT2D eigenvalue weighted by Gasteiger charge is -2.26. The molecule has 0 bridgehead atoms. The molecule has 0 spiro atoms. The number of hydrogen-bond acceptors (Lipinski definition) is 4. The third-order valence-electron chi connectivity index (χ3n) is 5.76. The number of hydrogen-bond donors (Lipinski definition) is 1. The predicted molar refractivity (Wildman–Crippen MR) is 117 cm³/mol. The first kappa shape index (κ1) is 20.7. The summed E-state index contributed by atoms with van der Waals surface area (Å²) in [7, 11) is 1.91. The average Bonchev–Trinajstić information content (AvgIpc) is 3.50. The molecule has 1 aliphatic heterocycles. The van der Waals surface area contributed by atoms with E-state index in [4.69, 9.17) is 4.42 Å². The minimum absolute atomic E-state index is 0.0742. The third-order valence-corrected chi connectivity index (χ3v) is 5.76. The third kappa shape index (κ3) is 4.17. The minimum atomic E-state index is -0.337. The quantitative estimate of drug-likeness (QED) is 0.640. The molecule has 1 aromatic carbocycles. The SMILES string of the molecule is Cc1nn(C)c(C)c1C1CCCN1C(=O)/C(=C/c1ccco1)NC(=O)c1ccccc1. The zero-order chi connectivity index (χ0) is 22.0. The molecular weight excluding hydrogens is 392 g/mol. The molecule has 1 unspecified atom stereocenters. The van der Waals surface area contributed by atoms with E-state index in [0.29, 0.717) is 17.9 Å². The van der Waals surface area contributed by atoms with Crippen molar-refractivity contribution in [2.75, 3.05) is 6.54 Å². The topological polar surface area (TPSA) is 80.4 Å². The normalized spacial score (nSPS) is 16.5. The number of nitrogens with zero attached hydrogens (tertiary/aromatic N) is 3. The van der Waals surface area contributed by atoms with Crippen molar-refractivity contribution in [2.45, 2.75) is 32.7 Å². The summed E-state index contributed by atoms with van der Waals surface area (Å²) in [5.41, 5.74) is 3.73. The van der Waals surface area contributed by atoms with E-state index < -0.39 is 0 Å². The second-order valence-corrected chi connectivity index (χ2v) is 7.76. The van der Waals surface area contributed by atoms with Crippen molar-refractivity contribution in [1.29, 1.82) is 0 Å². The number of nitrogens with one attached hydrogen (secondary N) is 1. The fourth-order valence-corrected chi connectivity index (χ4v) is 4.19. The molecule has 4 rings (SSSR count). The average molecular weight is 418 g/mol. The van der Waals surface area contributed by atoms with E-state index in [1.807, 2.05) is 36.5 Å². The highest BCUT2D eigenvalue weighted by Gasteiger charge is 2.35. The molecule has 0 aliphatic carbocycles. The Hall–Kier alpha value is -3.61. The number of aryl methyl sites for hydroxylation is 2. The van der Waals surface area contributed by atoms with Crippen LogP contribution < -0.4 is 5.32 Å². The Bertz CT molecular complexity index is 1110. The van der Waals surface area contributed by atoms with E-state index in [1.165, 1.54) is 6.26 Å². The summed E-state index contributed by atoms with van der Waals surface area (Å²) >= 11 is 0. The second-order valence-electron chi connectivity index (χ2n) is 7.76. The van der Waals surface area contributed by atoms with Crippen molar-refractivity contribution in [2.24, 2.45) is 7.05 Å². The van der Waals surface area contributed by atoms with E-state index in [-0.39, 0.29) is 23.6 Å².